The molecule has 0 bridgehead atoms. The SMILES string of the molecule is COc1cc2c(cc1S(=O)(=O)N1CCN(c3ccccc3F)CC1)CCCC2. The summed E-state index contributed by atoms with van der Waals surface area (Å²) in [4.78, 5) is 2.14. The number of nitrogens with zero attached hydrogens (tertiary/aromatic N) is 2. The lowest BCUT2D eigenvalue weighted by Gasteiger charge is -2.35. The molecule has 1 aliphatic carbocycles. The van der Waals surface area contributed by atoms with E-state index in [1.807, 2.05) is 11.0 Å². The summed E-state index contributed by atoms with van der Waals surface area (Å²) in [5, 5.41) is 0. The van der Waals surface area contributed by atoms with Crippen LogP contribution in [0, 0.1) is 5.82 Å². The zero-order valence-corrected chi connectivity index (χ0v) is 16.8. The average molecular weight is 405 g/mol. The molecule has 0 saturated carbocycles. The first-order chi connectivity index (χ1) is 13.5. The van der Waals surface area contributed by atoms with Gasteiger partial charge >= 0.3 is 0 Å². The number of hydrogen-bond donors (Lipinski definition) is 0. The number of rotatable bonds is 4. The number of anilines is 1. The third-order valence-electron chi connectivity index (χ3n) is 5.68. The molecule has 2 aromatic rings. The van der Waals surface area contributed by atoms with E-state index in [1.165, 1.54) is 23.0 Å². The summed E-state index contributed by atoms with van der Waals surface area (Å²) in [7, 11) is -2.15. The van der Waals surface area contributed by atoms with Gasteiger partial charge in [0.15, 0.2) is 0 Å². The highest BCUT2D eigenvalue weighted by atomic mass is 32.2. The number of para-hydroxylation sites is 1. The Bertz CT molecular complexity index is 970. The molecule has 0 radical (unpaired) electrons. The second-order valence-electron chi connectivity index (χ2n) is 7.32. The monoisotopic (exact) mass is 404 g/mol. The van der Waals surface area contributed by atoms with Crippen LogP contribution >= 0.6 is 0 Å². The van der Waals surface area contributed by atoms with E-state index in [0.29, 0.717) is 37.6 Å². The van der Waals surface area contributed by atoms with Crippen molar-refractivity contribution in [1.82, 2.24) is 4.31 Å². The van der Waals surface area contributed by atoms with Gasteiger partial charge in [-0.3, -0.25) is 0 Å². The van der Waals surface area contributed by atoms with Crippen LogP contribution in [0.1, 0.15) is 24.0 Å². The molecule has 0 aromatic heterocycles. The summed E-state index contributed by atoms with van der Waals surface area (Å²) in [6.45, 7) is 1.54. The predicted molar refractivity (Wildman–Crippen MR) is 107 cm³/mol. The molecule has 150 valence electrons. The Kier molecular flexibility index (Phi) is 5.29. The normalized spacial score (nSPS) is 18.0. The van der Waals surface area contributed by atoms with Crippen LogP contribution < -0.4 is 9.64 Å². The molecule has 5 nitrogen and oxygen atoms in total. The van der Waals surface area contributed by atoms with Gasteiger partial charge in [0, 0.05) is 26.2 Å². The molecule has 1 saturated heterocycles. The molecule has 2 aliphatic rings. The molecule has 28 heavy (non-hydrogen) atoms. The molecule has 0 unspecified atom stereocenters. The summed E-state index contributed by atoms with van der Waals surface area (Å²) < 4.78 is 47.6. The van der Waals surface area contributed by atoms with E-state index in [1.54, 1.807) is 24.3 Å². The fourth-order valence-electron chi connectivity index (χ4n) is 4.12. The average Bonchev–Trinajstić information content (AvgIpc) is 2.73. The van der Waals surface area contributed by atoms with Crippen LogP contribution in [0.25, 0.3) is 0 Å². The smallest absolute Gasteiger partial charge is 0.246 e. The molecule has 0 spiro atoms. The van der Waals surface area contributed by atoms with Gasteiger partial charge in [-0.25, -0.2) is 12.8 Å². The van der Waals surface area contributed by atoms with E-state index in [0.717, 1.165) is 31.2 Å². The first-order valence-electron chi connectivity index (χ1n) is 9.70. The van der Waals surface area contributed by atoms with Gasteiger partial charge in [0.1, 0.15) is 16.5 Å². The molecule has 1 fully saturated rings. The van der Waals surface area contributed by atoms with Crippen molar-refractivity contribution < 1.29 is 17.5 Å². The van der Waals surface area contributed by atoms with Crippen molar-refractivity contribution in [2.45, 2.75) is 30.6 Å². The maximum Gasteiger partial charge on any atom is 0.246 e. The largest absolute Gasteiger partial charge is 0.495 e. The quantitative estimate of drug-likeness (QED) is 0.785. The van der Waals surface area contributed by atoms with Crippen molar-refractivity contribution in [3.63, 3.8) is 0 Å². The summed E-state index contributed by atoms with van der Waals surface area (Å²) in [5.74, 6) is 0.132. The number of methoxy groups -OCH3 is 1. The summed E-state index contributed by atoms with van der Waals surface area (Å²) in [5.41, 5.74) is 2.81. The van der Waals surface area contributed by atoms with E-state index < -0.39 is 10.0 Å². The maximum absolute atomic E-state index is 14.0. The second kappa shape index (κ2) is 7.72. The molecular formula is C21H25FN2O3S. The van der Waals surface area contributed by atoms with Gasteiger partial charge in [-0.15, -0.1) is 0 Å². The second-order valence-corrected chi connectivity index (χ2v) is 9.23. The Hall–Kier alpha value is -2.12. The number of aryl methyl sites for hydroxylation is 2. The van der Waals surface area contributed by atoms with Gasteiger partial charge in [0.05, 0.1) is 12.8 Å². The highest BCUT2D eigenvalue weighted by molar-refractivity contribution is 7.89. The van der Waals surface area contributed by atoms with Crippen LogP contribution in [0.4, 0.5) is 10.1 Å². The Balaban J connectivity index is 1.57. The van der Waals surface area contributed by atoms with Crippen molar-refractivity contribution in [3.05, 3.63) is 53.3 Å². The first-order valence-corrected chi connectivity index (χ1v) is 11.1. The topological polar surface area (TPSA) is 49.9 Å². The Morgan fingerprint density at radius 2 is 1.61 bits per heavy atom. The Labute approximate surface area is 165 Å². The number of hydrogen-bond acceptors (Lipinski definition) is 4. The first kappa shape index (κ1) is 19.2. The lowest BCUT2D eigenvalue weighted by Crippen LogP contribution is -2.49. The standard InChI is InChI=1S/C21H25FN2O3S/c1-27-20-14-16-6-2-3-7-17(16)15-21(20)28(25,26)24-12-10-23(11-13-24)19-9-5-4-8-18(19)22/h4-5,8-9,14-15H,2-3,6-7,10-13H2,1H3. The summed E-state index contributed by atoms with van der Waals surface area (Å²) in [6, 6.07) is 10.3. The fourth-order valence-corrected chi connectivity index (χ4v) is 5.73. The number of ether oxygens (including phenoxy) is 1. The molecule has 2 aromatic carbocycles. The van der Waals surface area contributed by atoms with Gasteiger partial charge in [0.2, 0.25) is 10.0 Å². The molecule has 1 aliphatic heterocycles. The van der Waals surface area contributed by atoms with E-state index in [-0.39, 0.29) is 10.7 Å². The van der Waals surface area contributed by atoms with Gasteiger partial charge < -0.3 is 9.64 Å². The van der Waals surface area contributed by atoms with E-state index in [4.69, 9.17) is 4.74 Å². The molecule has 1 heterocycles. The Morgan fingerprint density at radius 3 is 2.25 bits per heavy atom. The zero-order valence-electron chi connectivity index (χ0n) is 16.0. The molecule has 7 heteroatoms. The highest BCUT2D eigenvalue weighted by Gasteiger charge is 2.32. The highest BCUT2D eigenvalue weighted by Crippen LogP contribution is 2.34. The van der Waals surface area contributed by atoms with Gasteiger partial charge in [0.25, 0.3) is 0 Å². The van der Waals surface area contributed by atoms with Crippen LogP contribution in [0.5, 0.6) is 5.75 Å². The number of fused-ring (bicyclic) bond motifs is 1. The molecular weight excluding hydrogens is 379 g/mol. The lowest BCUT2D eigenvalue weighted by molar-refractivity contribution is 0.372. The minimum Gasteiger partial charge on any atom is -0.495 e. The van der Waals surface area contributed by atoms with Gasteiger partial charge in [-0.05, 0) is 61.1 Å². The van der Waals surface area contributed by atoms with Crippen LogP contribution in [0.2, 0.25) is 0 Å². The Morgan fingerprint density at radius 1 is 0.964 bits per heavy atom. The fraction of sp³-hybridized carbons (Fsp3) is 0.429. The number of sulfonamides is 1. The zero-order chi connectivity index (χ0) is 19.7. The number of halogens is 1. The lowest BCUT2D eigenvalue weighted by atomic mass is 9.92. The van der Waals surface area contributed by atoms with Gasteiger partial charge in [-0.2, -0.15) is 4.31 Å². The van der Waals surface area contributed by atoms with Crippen molar-refractivity contribution in [1.29, 1.82) is 0 Å². The number of benzene rings is 2. The van der Waals surface area contributed by atoms with Crippen molar-refractivity contribution >= 4 is 15.7 Å². The van der Waals surface area contributed by atoms with E-state index in [2.05, 4.69) is 0 Å². The van der Waals surface area contributed by atoms with Crippen molar-refractivity contribution in [2.75, 3.05) is 38.2 Å². The third kappa shape index (κ3) is 3.49. The minimum atomic E-state index is -3.67. The summed E-state index contributed by atoms with van der Waals surface area (Å²) >= 11 is 0. The molecule has 4 rings (SSSR count). The summed E-state index contributed by atoms with van der Waals surface area (Å²) in [6.07, 6.45) is 4.08. The van der Waals surface area contributed by atoms with Crippen LogP contribution in [-0.4, -0.2) is 46.0 Å². The molecule has 0 atom stereocenters. The molecule has 0 amide bonds. The third-order valence-corrected chi connectivity index (χ3v) is 7.60. The van der Waals surface area contributed by atoms with Crippen LogP contribution in [0.15, 0.2) is 41.3 Å². The minimum absolute atomic E-state index is 0.245. The van der Waals surface area contributed by atoms with Crippen LogP contribution in [-0.2, 0) is 22.9 Å². The van der Waals surface area contributed by atoms with Crippen molar-refractivity contribution in [3.8, 4) is 5.75 Å². The van der Waals surface area contributed by atoms with E-state index >= 15 is 0 Å². The predicted octanol–water partition coefficient (Wildman–Crippen LogP) is 3.22. The maximum atomic E-state index is 14.0. The van der Waals surface area contributed by atoms with Crippen molar-refractivity contribution in [2.24, 2.45) is 0 Å². The van der Waals surface area contributed by atoms with E-state index in [9.17, 15) is 12.8 Å². The number of piperazine rings is 1. The molecule has 0 N–H and O–H groups in total. The van der Waals surface area contributed by atoms with Gasteiger partial charge in [-0.1, -0.05) is 12.1 Å². The van der Waals surface area contributed by atoms with Crippen LogP contribution in [0.3, 0.4) is 0 Å².